The Morgan fingerprint density at radius 2 is 1.97 bits per heavy atom. The molecule has 2 fully saturated rings. The van der Waals surface area contributed by atoms with Crippen molar-refractivity contribution in [3.8, 4) is 0 Å². The summed E-state index contributed by atoms with van der Waals surface area (Å²) in [5.41, 5.74) is 3.36. The number of hydrogen-bond donors (Lipinski definition) is 2. The number of anilines is 1. The molecule has 3 heterocycles. The van der Waals surface area contributed by atoms with Crippen molar-refractivity contribution >= 4 is 29.2 Å². The zero-order chi connectivity index (χ0) is 22.7. The predicted octanol–water partition coefficient (Wildman–Crippen LogP) is 1.62. The number of piperazine rings is 1. The Hall–Kier alpha value is -2.79. The highest BCUT2D eigenvalue weighted by Crippen LogP contribution is 2.26. The van der Waals surface area contributed by atoms with Crippen LogP contribution in [0.15, 0.2) is 36.5 Å². The van der Waals surface area contributed by atoms with Gasteiger partial charge in [0.1, 0.15) is 5.82 Å². The number of pyridine rings is 1. The third kappa shape index (κ3) is 4.83. The normalized spacial score (nSPS) is 17.0. The third-order valence-corrected chi connectivity index (χ3v) is 6.00. The number of carbonyl (C=O) groups excluding carboxylic acids is 2. The van der Waals surface area contributed by atoms with E-state index in [-0.39, 0.29) is 17.6 Å². The molecule has 1 aromatic heterocycles. The van der Waals surface area contributed by atoms with E-state index in [1.807, 2.05) is 5.43 Å². The van der Waals surface area contributed by atoms with Crippen molar-refractivity contribution in [2.24, 2.45) is 5.84 Å². The molecule has 0 bridgehead atoms. The van der Waals surface area contributed by atoms with Crippen LogP contribution in [0.3, 0.4) is 0 Å². The molecule has 0 saturated carbocycles. The molecule has 2 aliphatic rings. The Balaban J connectivity index is 1.52. The number of nitrogen functional groups attached to an aromatic ring is 1. The summed E-state index contributed by atoms with van der Waals surface area (Å²) in [6.07, 6.45) is 1.39. The van der Waals surface area contributed by atoms with Crippen LogP contribution in [0.1, 0.15) is 16.1 Å². The molecule has 3 N–H and O–H groups in total. The Morgan fingerprint density at radius 1 is 1.22 bits per heavy atom. The van der Waals surface area contributed by atoms with Gasteiger partial charge in [0.2, 0.25) is 0 Å². The van der Waals surface area contributed by atoms with Crippen molar-refractivity contribution in [2.45, 2.75) is 12.6 Å². The van der Waals surface area contributed by atoms with Gasteiger partial charge in [0, 0.05) is 38.1 Å². The smallest absolute Gasteiger partial charge is 0.324 e. The van der Waals surface area contributed by atoms with E-state index in [2.05, 4.69) is 9.88 Å². The second-order valence-electron chi connectivity index (χ2n) is 7.69. The first-order chi connectivity index (χ1) is 15.5. The first kappa shape index (κ1) is 22.4. The average molecular weight is 463 g/mol. The van der Waals surface area contributed by atoms with Crippen LogP contribution in [0.5, 0.6) is 0 Å². The van der Waals surface area contributed by atoms with Crippen LogP contribution in [0.4, 0.5) is 14.9 Å². The Morgan fingerprint density at radius 3 is 2.53 bits per heavy atom. The van der Waals surface area contributed by atoms with Gasteiger partial charge < -0.3 is 9.64 Å². The number of hydrogen-bond acceptors (Lipinski definition) is 6. The van der Waals surface area contributed by atoms with Gasteiger partial charge >= 0.3 is 6.03 Å². The maximum absolute atomic E-state index is 13.7. The summed E-state index contributed by atoms with van der Waals surface area (Å²) in [6, 6.07) is 7.59. The molecule has 0 aliphatic carbocycles. The number of rotatable bonds is 5. The molecule has 170 valence electrons. The summed E-state index contributed by atoms with van der Waals surface area (Å²) in [5, 5.41) is -0.0713. The highest BCUT2D eigenvalue weighted by Gasteiger charge is 2.32. The van der Waals surface area contributed by atoms with Crippen LogP contribution in [0, 0.1) is 5.82 Å². The lowest BCUT2D eigenvalue weighted by molar-refractivity contribution is -0.0738. The number of urea groups is 1. The van der Waals surface area contributed by atoms with Crippen LogP contribution < -0.4 is 16.2 Å². The minimum atomic E-state index is -0.561. The number of carbonyl (C=O) groups is 2. The number of halogens is 2. The van der Waals surface area contributed by atoms with Crippen molar-refractivity contribution in [1.29, 1.82) is 0 Å². The maximum Gasteiger partial charge on any atom is 0.324 e. The van der Waals surface area contributed by atoms with Crippen LogP contribution in [0.25, 0.3) is 0 Å². The van der Waals surface area contributed by atoms with E-state index in [0.717, 1.165) is 26.3 Å². The summed E-state index contributed by atoms with van der Waals surface area (Å²) >= 11 is 5.98. The Bertz CT molecular complexity index is 980. The first-order valence-electron chi connectivity index (χ1n) is 10.3. The van der Waals surface area contributed by atoms with Gasteiger partial charge in [0.05, 0.1) is 42.1 Å². The Labute approximate surface area is 189 Å². The maximum atomic E-state index is 13.7. The zero-order valence-corrected chi connectivity index (χ0v) is 18.1. The zero-order valence-electron chi connectivity index (χ0n) is 17.3. The average Bonchev–Trinajstić information content (AvgIpc) is 2.78. The van der Waals surface area contributed by atoms with Crippen LogP contribution in [0.2, 0.25) is 5.02 Å². The second kappa shape index (κ2) is 9.78. The first-order valence-corrected chi connectivity index (χ1v) is 10.6. The Kier molecular flexibility index (Phi) is 6.85. The van der Waals surface area contributed by atoms with Crippen molar-refractivity contribution in [2.75, 3.05) is 44.3 Å². The molecule has 2 aromatic rings. The van der Waals surface area contributed by atoms with E-state index in [4.69, 9.17) is 22.2 Å². The van der Waals surface area contributed by atoms with E-state index in [1.165, 1.54) is 29.3 Å². The number of nitrogens with one attached hydrogen (secondary N) is 1. The van der Waals surface area contributed by atoms with Crippen molar-refractivity contribution in [3.63, 3.8) is 0 Å². The molecule has 3 amide bonds. The number of amides is 3. The fourth-order valence-electron chi connectivity index (χ4n) is 3.70. The lowest BCUT2D eigenvalue weighted by Crippen LogP contribution is -2.59. The van der Waals surface area contributed by atoms with Gasteiger partial charge in [-0.2, -0.15) is 0 Å². The quantitative estimate of drug-likeness (QED) is 0.397. The van der Waals surface area contributed by atoms with E-state index >= 15 is 0 Å². The molecule has 0 atom stereocenters. The van der Waals surface area contributed by atoms with Gasteiger partial charge in [-0.25, -0.2) is 15.0 Å². The number of ether oxygens (including phenoxy) is 1. The standard InChI is InChI=1S/C21H24ClFN6O3/c22-18-9-16(3-4-19(18)23)29(11-15-2-1-14(10-25-15)20(30)26-24)21(31)28-7-5-27(6-8-28)17-12-32-13-17/h1-4,9-10,17H,5-8,11-13,24H2,(H,26,30). The largest absolute Gasteiger partial charge is 0.378 e. The molecule has 0 spiro atoms. The van der Waals surface area contributed by atoms with E-state index in [0.29, 0.717) is 36.1 Å². The summed E-state index contributed by atoms with van der Waals surface area (Å²) in [6.45, 7) is 4.27. The lowest BCUT2D eigenvalue weighted by atomic mass is 10.2. The molecule has 0 radical (unpaired) electrons. The molecule has 0 unspecified atom stereocenters. The monoisotopic (exact) mass is 462 g/mol. The second-order valence-corrected chi connectivity index (χ2v) is 8.10. The molecule has 1 aromatic carbocycles. The fourth-order valence-corrected chi connectivity index (χ4v) is 3.88. The van der Waals surface area contributed by atoms with Crippen molar-refractivity contribution < 1.29 is 18.7 Å². The van der Waals surface area contributed by atoms with Gasteiger partial charge in [-0.05, 0) is 30.3 Å². The number of benzene rings is 1. The predicted molar refractivity (Wildman–Crippen MR) is 117 cm³/mol. The van der Waals surface area contributed by atoms with Gasteiger partial charge in [0.15, 0.2) is 0 Å². The third-order valence-electron chi connectivity index (χ3n) is 5.71. The van der Waals surface area contributed by atoms with Crippen LogP contribution in [-0.4, -0.2) is 72.2 Å². The van der Waals surface area contributed by atoms with Gasteiger partial charge in [0.25, 0.3) is 5.91 Å². The summed E-state index contributed by atoms with van der Waals surface area (Å²) in [7, 11) is 0. The molecule has 2 aliphatic heterocycles. The number of nitrogens with zero attached hydrogens (tertiary/aromatic N) is 4. The van der Waals surface area contributed by atoms with Crippen molar-refractivity contribution in [3.05, 3.63) is 58.6 Å². The molecular weight excluding hydrogens is 439 g/mol. The van der Waals surface area contributed by atoms with Crippen molar-refractivity contribution in [1.82, 2.24) is 20.2 Å². The summed E-state index contributed by atoms with van der Waals surface area (Å²) in [5.74, 6) is 4.13. The van der Waals surface area contributed by atoms with E-state index in [1.54, 1.807) is 17.0 Å². The van der Waals surface area contributed by atoms with Gasteiger partial charge in [-0.15, -0.1) is 0 Å². The number of aromatic nitrogens is 1. The fraction of sp³-hybridized carbons (Fsp3) is 0.381. The molecule has 2 saturated heterocycles. The highest BCUT2D eigenvalue weighted by atomic mass is 35.5. The van der Waals surface area contributed by atoms with E-state index < -0.39 is 11.7 Å². The van der Waals surface area contributed by atoms with Gasteiger partial charge in [-0.3, -0.25) is 25.0 Å². The topological polar surface area (TPSA) is 104 Å². The molecule has 11 heteroatoms. The van der Waals surface area contributed by atoms with E-state index in [9.17, 15) is 14.0 Å². The lowest BCUT2D eigenvalue weighted by Gasteiger charge is -2.43. The summed E-state index contributed by atoms with van der Waals surface area (Å²) < 4.78 is 19.0. The minimum Gasteiger partial charge on any atom is -0.378 e. The highest BCUT2D eigenvalue weighted by molar-refractivity contribution is 6.31. The molecule has 9 nitrogen and oxygen atoms in total. The minimum absolute atomic E-state index is 0.0713. The molecule has 4 rings (SSSR count). The molecular formula is C21H24ClFN6O3. The van der Waals surface area contributed by atoms with Crippen LogP contribution >= 0.6 is 11.6 Å². The van der Waals surface area contributed by atoms with Crippen LogP contribution in [-0.2, 0) is 11.3 Å². The molecule has 32 heavy (non-hydrogen) atoms. The van der Waals surface area contributed by atoms with Gasteiger partial charge in [-0.1, -0.05) is 11.6 Å². The number of hydrazine groups is 1. The summed E-state index contributed by atoms with van der Waals surface area (Å²) in [4.78, 5) is 35.0. The SMILES string of the molecule is NNC(=O)c1ccc(CN(C(=O)N2CCN(C3COC3)CC2)c2ccc(F)c(Cl)c2)nc1. The number of nitrogens with two attached hydrogens (primary N) is 1.